The Morgan fingerprint density at radius 2 is 2.31 bits per heavy atom. The number of nitrogens with two attached hydrogens (primary N) is 1. The van der Waals surface area contributed by atoms with Crippen molar-refractivity contribution in [2.45, 2.75) is 9.37 Å². The maximum atomic E-state index is 7.35. The number of hydrogen-bond donors (Lipinski definition) is 2. The van der Waals surface area contributed by atoms with Crippen molar-refractivity contribution < 1.29 is 0 Å². The Morgan fingerprint density at radius 1 is 1.50 bits per heavy atom. The summed E-state index contributed by atoms with van der Waals surface area (Å²) in [6, 6.07) is 1.61. The lowest BCUT2D eigenvalue weighted by Crippen LogP contribution is -2.12. The predicted molar refractivity (Wildman–Crippen MR) is 64.3 cm³/mol. The van der Waals surface area contributed by atoms with Crippen LogP contribution in [0, 0.1) is 5.41 Å². The van der Waals surface area contributed by atoms with Gasteiger partial charge in [0.1, 0.15) is 17.2 Å². The molecule has 0 atom stereocenters. The van der Waals surface area contributed by atoms with Crippen molar-refractivity contribution in [3.05, 3.63) is 29.2 Å². The molecular formula is C8H6ClN5S2. The zero-order chi connectivity index (χ0) is 11.5. The van der Waals surface area contributed by atoms with Crippen LogP contribution in [0.3, 0.4) is 0 Å². The third-order valence-corrected chi connectivity index (χ3v) is 3.88. The molecule has 5 nitrogen and oxygen atoms in total. The monoisotopic (exact) mass is 271 g/mol. The molecule has 0 spiro atoms. The molecule has 0 aliphatic carbocycles. The van der Waals surface area contributed by atoms with Gasteiger partial charge >= 0.3 is 0 Å². The van der Waals surface area contributed by atoms with Crippen LogP contribution < -0.4 is 5.73 Å². The molecular weight excluding hydrogens is 266 g/mol. The first-order valence-electron chi connectivity index (χ1n) is 4.12. The van der Waals surface area contributed by atoms with Gasteiger partial charge in [-0.2, -0.15) is 4.37 Å². The molecule has 16 heavy (non-hydrogen) atoms. The van der Waals surface area contributed by atoms with Crippen molar-refractivity contribution >= 4 is 40.7 Å². The Balaban J connectivity index is 2.35. The van der Waals surface area contributed by atoms with Crippen molar-refractivity contribution in [1.82, 2.24) is 14.3 Å². The standard InChI is InChI=1S/C8H6ClN5S2/c9-5-4(6(10)11)1-2-12-7(5)15-8-13-3-14-16-8/h1-3H,(H3,10,11). The molecule has 2 heterocycles. The number of hydrogen-bond acceptors (Lipinski definition) is 6. The van der Waals surface area contributed by atoms with Crippen LogP contribution in [0.1, 0.15) is 5.56 Å². The van der Waals surface area contributed by atoms with Gasteiger partial charge in [-0.25, -0.2) is 9.97 Å². The molecule has 0 aliphatic heterocycles. The van der Waals surface area contributed by atoms with Gasteiger partial charge in [0.15, 0.2) is 4.34 Å². The van der Waals surface area contributed by atoms with E-state index < -0.39 is 0 Å². The topological polar surface area (TPSA) is 88.5 Å². The van der Waals surface area contributed by atoms with E-state index in [1.807, 2.05) is 0 Å². The molecule has 2 aromatic rings. The van der Waals surface area contributed by atoms with Crippen LogP contribution in [0.25, 0.3) is 0 Å². The number of amidine groups is 1. The first-order chi connectivity index (χ1) is 7.68. The number of aromatic nitrogens is 3. The Bertz CT molecular complexity index is 513. The molecule has 0 aromatic carbocycles. The molecule has 8 heteroatoms. The Kier molecular flexibility index (Phi) is 3.37. The Labute approximate surface area is 105 Å². The third-order valence-electron chi connectivity index (χ3n) is 1.67. The summed E-state index contributed by atoms with van der Waals surface area (Å²) in [4.78, 5) is 8.13. The summed E-state index contributed by atoms with van der Waals surface area (Å²) in [7, 11) is 0. The highest BCUT2D eigenvalue weighted by Gasteiger charge is 2.12. The zero-order valence-corrected chi connectivity index (χ0v) is 10.2. The second-order valence-corrected chi connectivity index (χ2v) is 5.09. The predicted octanol–water partition coefficient (Wildman–Crippen LogP) is 2.02. The lowest BCUT2D eigenvalue weighted by molar-refractivity contribution is 1.11. The number of halogens is 1. The van der Waals surface area contributed by atoms with Gasteiger partial charge in [-0.1, -0.05) is 11.6 Å². The maximum absolute atomic E-state index is 7.35. The van der Waals surface area contributed by atoms with Crippen LogP contribution >= 0.6 is 34.9 Å². The molecule has 2 rings (SSSR count). The molecule has 0 fully saturated rings. The van der Waals surface area contributed by atoms with Gasteiger partial charge in [0.05, 0.1) is 5.02 Å². The number of nitrogen functional groups attached to an aromatic ring is 1. The van der Waals surface area contributed by atoms with Crippen LogP contribution in [-0.4, -0.2) is 20.2 Å². The van der Waals surface area contributed by atoms with Crippen molar-refractivity contribution in [3.63, 3.8) is 0 Å². The quantitative estimate of drug-likeness (QED) is 0.659. The average molecular weight is 272 g/mol. The molecule has 0 bridgehead atoms. The minimum absolute atomic E-state index is 0.0773. The third kappa shape index (κ3) is 2.31. The largest absolute Gasteiger partial charge is 0.384 e. The van der Waals surface area contributed by atoms with Crippen LogP contribution in [0.15, 0.2) is 28.0 Å². The van der Waals surface area contributed by atoms with E-state index in [1.54, 1.807) is 12.3 Å². The van der Waals surface area contributed by atoms with Gasteiger partial charge in [-0.3, -0.25) is 5.41 Å². The van der Waals surface area contributed by atoms with Crippen molar-refractivity contribution in [3.8, 4) is 0 Å². The number of rotatable bonds is 3. The van der Waals surface area contributed by atoms with Crippen molar-refractivity contribution in [1.29, 1.82) is 5.41 Å². The minimum Gasteiger partial charge on any atom is -0.384 e. The number of nitrogens with zero attached hydrogens (tertiary/aromatic N) is 3. The van der Waals surface area contributed by atoms with E-state index in [9.17, 15) is 0 Å². The summed E-state index contributed by atoms with van der Waals surface area (Å²) in [5.74, 6) is -0.0773. The minimum atomic E-state index is -0.0773. The molecule has 0 unspecified atom stereocenters. The summed E-state index contributed by atoms with van der Waals surface area (Å²) < 4.78 is 4.62. The second-order valence-electron chi connectivity index (χ2n) is 2.70. The molecule has 2 aromatic heterocycles. The molecule has 0 amide bonds. The number of pyridine rings is 1. The molecule has 3 N–H and O–H groups in total. The van der Waals surface area contributed by atoms with Crippen molar-refractivity contribution in [2.75, 3.05) is 0 Å². The van der Waals surface area contributed by atoms with Gasteiger partial charge in [0.2, 0.25) is 0 Å². The van der Waals surface area contributed by atoms with Crippen LogP contribution in [0.5, 0.6) is 0 Å². The van der Waals surface area contributed by atoms with E-state index in [-0.39, 0.29) is 5.84 Å². The number of nitrogens with one attached hydrogen (secondary N) is 1. The SMILES string of the molecule is N=C(N)c1ccnc(Sc2ncns2)c1Cl. The van der Waals surface area contributed by atoms with Gasteiger partial charge < -0.3 is 5.73 Å². The van der Waals surface area contributed by atoms with E-state index in [2.05, 4.69) is 14.3 Å². The molecule has 0 aliphatic rings. The maximum Gasteiger partial charge on any atom is 0.176 e. The summed E-state index contributed by atoms with van der Waals surface area (Å²) in [6.45, 7) is 0. The first kappa shape index (κ1) is 11.3. The summed E-state index contributed by atoms with van der Waals surface area (Å²) in [6.07, 6.45) is 3.03. The molecule has 0 saturated carbocycles. The second kappa shape index (κ2) is 4.77. The highest BCUT2D eigenvalue weighted by Crippen LogP contribution is 2.33. The fourth-order valence-electron chi connectivity index (χ4n) is 0.994. The summed E-state index contributed by atoms with van der Waals surface area (Å²) in [5, 5.41) is 8.30. The summed E-state index contributed by atoms with van der Waals surface area (Å²) >= 11 is 8.63. The molecule has 82 valence electrons. The van der Waals surface area contributed by atoms with Crippen LogP contribution in [-0.2, 0) is 0 Å². The fraction of sp³-hybridized carbons (Fsp3) is 0. The first-order valence-corrected chi connectivity index (χ1v) is 6.08. The highest BCUT2D eigenvalue weighted by atomic mass is 35.5. The van der Waals surface area contributed by atoms with E-state index in [1.165, 1.54) is 29.6 Å². The molecule has 0 saturated heterocycles. The van der Waals surface area contributed by atoms with E-state index >= 15 is 0 Å². The van der Waals surface area contributed by atoms with E-state index in [0.29, 0.717) is 15.6 Å². The lowest BCUT2D eigenvalue weighted by Gasteiger charge is -2.04. The summed E-state index contributed by atoms with van der Waals surface area (Å²) in [5.41, 5.74) is 5.87. The lowest BCUT2D eigenvalue weighted by atomic mass is 10.2. The average Bonchev–Trinajstić information content (AvgIpc) is 2.73. The van der Waals surface area contributed by atoms with E-state index in [4.69, 9.17) is 22.7 Å². The van der Waals surface area contributed by atoms with Gasteiger partial charge in [-0.15, -0.1) is 0 Å². The van der Waals surface area contributed by atoms with Crippen molar-refractivity contribution in [2.24, 2.45) is 5.73 Å². The van der Waals surface area contributed by atoms with Gasteiger partial charge in [0, 0.05) is 11.8 Å². The Morgan fingerprint density at radius 3 is 2.94 bits per heavy atom. The fourth-order valence-corrected chi connectivity index (χ4v) is 2.70. The van der Waals surface area contributed by atoms with Gasteiger partial charge in [0.25, 0.3) is 0 Å². The van der Waals surface area contributed by atoms with Crippen LogP contribution in [0.4, 0.5) is 0 Å². The smallest absolute Gasteiger partial charge is 0.176 e. The highest BCUT2D eigenvalue weighted by molar-refractivity contribution is 8.01. The van der Waals surface area contributed by atoms with Gasteiger partial charge in [-0.05, 0) is 29.4 Å². The molecule has 0 radical (unpaired) electrons. The normalized spacial score (nSPS) is 10.3. The van der Waals surface area contributed by atoms with Crippen LogP contribution in [0.2, 0.25) is 5.02 Å². The zero-order valence-electron chi connectivity index (χ0n) is 7.85. The van der Waals surface area contributed by atoms with E-state index in [0.717, 1.165) is 4.34 Å². The Hall–Kier alpha value is -1.18.